The number of phenols is 1. The number of hydrogen-bond donors (Lipinski definition) is 1. The van der Waals surface area contributed by atoms with Crippen LogP contribution in [0.15, 0.2) is 53.6 Å². The first-order valence-corrected chi connectivity index (χ1v) is 6.50. The molecule has 0 spiro atoms. The number of para-hydroxylation sites is 2. The Labute approximate surface area is 118 Å². The van der Waals surface area contributed by atoms with Crippen LogP contribution in [-0.2, 0) is 0 Å². The minimum atomic E-state index is 0.111. The van der Waals surface area contributed by atoms with Crippen molar-refractivity contribution in [3.63, 3.8) is 0 Å². The number of benzene rings is 2. The van der Waals surface area contributed by atoms with Gasteiger partial charge in [-0.25, -0.2) is 0 Å². The molecule has 4 nitrogen and oxygen atoms in total. The van der Waals surface area contributed by atoms with Crippen molar-refractivity contribution in [3.05, 3.63) is 54.1 Å². The van der Waals surface area contributed by atoms with Gasteiger partial charge in [-0.1, -0.05) is 24.3 Å². The smallest absolute Gasteiger partial charge is 0.166 e. The third kappa shape index (κ3) is 3.29. The van der Waals surface area contributed by atoms with E-state index in [0.29, 0.717) is 17.9 Å². The van der Waals surface area contributed by atoms with Crippen molar-refractivity contribution in [3.8, 4) is 11.5 Å². The van der Waals surface area contributed by atoms with Gasteiger partial charge in [-0.15, -0.1) is 0 Å². The van der Waals surface area contributed by atoms with E-state index in [-0.39, 0.29) is 5.75 Å². The Kier molecular flexibility index (Phi) is 4.60. The van der Waals surface area contributed by atoms with Gasteiger partial charge in [0.25, 0.3) is 0 Å². The fourth-order valence-electron chi connectivity index (χ4n) is 1.77. The van der Waals surface area contributed by atoms with Gasteiger partial charge in [-0.2, -0.15) is 5.10 Å². The summed E-state index contributed by atoms with van der Waals surface area (Å²) in [6.45, 7) is 2.39. The molecule has 0 aliphatic heterocycles. The Hall–Kier alpha value is -2.49. The van der Waals surface area contributed by atoms with Gasteiger partial charge in [0.15, 0.2) is 11.5 Å². The summed E-state index contributed by atoms with van der Waals surface area (Å²) in [5.41, 5.74) is 1.60. The molecule has 0 atom stereocenters. The van der Waals surface area contributed by atoms with Crippen molar-refractivity contribution in [1.82, 2.24) is 0 Å². The molecule has 20 heavy (non-hydrogen) atoms. The van der Waals surface area contributed by atoms with Crippen LogP contribution < -0.4 is 9.75 Å². The first-order valence-electron chi connectivity index (χ1n) is 6.50. The first-order chi connectivity index (χ1) is 9.72. The maximum Gasteiger partial charge on any atom is 0.166 e. The average molecular weight is 270 g/mol. The molecular formula is C16H18N2O2. The summed E-state index contributed by atoms with van der Waals surface area (Å²) in [4.78, 5) is 0. The number of rotatable bonds is 5. The Bertz CT molecular complexity index is 582. The highest BCUT2D eigenvalue weighted by Crippen LogP contribution is 2.28. The molecule has 0 heterocycles. The van der Waals surface area contributed by atoms with Crippen molar-refractivity contribution < 1.29 is 9.84 Å². The highest BCUT2D eigenvalue weighted by molar-refractivity contribution is 5.85. The van der Waals surface area contributed by atoms with Crippen LogP contribution in [0.1, 0.15) is 12.5 Å². The Morgan fingerprint density at radius 2 is 1.90 bits per heavy atom. The number of nitrogens with zero attached hydrogens (tertiary/aromatic N) is 2. The number of phenolic OH excluding ortho intramolecular Hbond substituents is 1. The maximum absolute atomic E-state index is 10.1. The van der Waals surface area contributed by atoms with E-state index in [0.717, 1.165) is 5.69 Å². The monoisotopic (exact) mass is 270 g/mol. The predicted octanol–water partition coefficient (Wildman–Crippen LogP) is 3.26. The Balaban J connectivity index is 2.17. The van der Waals surface area contributed by atoms with Crippen LogP contribution in [0.3, 0.4) is 0 Å². The minimum absolute atomic E-state index is 0.111. The fourth-order valence-corrected chi connectivity index (χ4v) is 1.77. The quantitative estimate of drug-likeness (QED) is 0.670. The second-order valence-corrected chi connectivity index (χ2v) is 4.23. The number of ether oxygens (including phenoxy) is 1. The summed E-state index contributed by atoms with van der Waals surface area (Å²) in [6, 6.07) is 15.1. The third-order valence-electron chi connectivity index (χ3n) is 2.83. The predicted molar refractivity (Wildman–Crippen MR) is 81.7 cm³/mol. The molecule has 2 rings (SSSR count). The number of hydrazone groups is 1. The molecule has 104 valence electrons. The third-order valence-corrected chi connectivity index (χ3v) is 2.83. The van der Waals surface area contributed by atoms with Crippen LogP contribution in [0, 0.1) is 0 Å². The van der Waals surface area contributed by atoms with E-state index in [9.17, 15) is 5.11 Å². The highest BCUT2D eigenvalue weighted by Gasteiger charge is 2.06. The molecule has 0 fully saturated rings. The lowest BCUT2D eigenvalue weighted by atomic mass is 10.2. The molecule has 0 saturated carbocycles. The molecule has 1 N–H and O–H groups in total. The fraction of sp³-hybridized carbons (Fsp3) is 0.188. The SMILES string of the molecule is CCOc1cccc(/C=N/N(C)c2ccccc2)c1O. The lowest BCUT2D eigenvalue weighted by Crippen LogP contribution is -2.08. The van der Waals surface area contributed by atoms with Gasteiger partial charge in [0, 0.05) is 12.6 Å². The van der Waals surface area contributed by atoms with Crippen LogP contribution >= 0.6 is 0 Å². The van der Waals surface area contributed by atoms with Crippen LogP contribution in [-0.4, -0.2) is 25.0 Å². The molecule has 0 unspecified atom stereocenters. The summed E-state index contributed by atoms with van der Waals surface area (Å²) in [5.74, 6) is 0.582. The van der Waals surface area contributed by atoms with Gasteiger partial charge in [0.05, 0.1) is 18.5 Å². The molecule has 4 heteroatoms. The zero-order valence-electron chi connectivity index (χ0n) is 11.7. The van der Waals surface area contributed by atoms with E-state index < -0.39 is 0 Å². The number of hydrogen-bond acceptors (Lipinski definition) is 4. The first kappa shape index (κ1) is 13.9. The standard InChI is InChI=1S/C16H18N2O2/c1-3-20-15-11-7-8-13(16(15)19)12-17-18(2)14-9-5-4-6-10-14/h4-12,19H,3H2,1-2H3/b17-12+. The summed E-state index contributed by atoms with van der Waals surface area (Å²) < 4.78 is 5.34. The van der Waals surface area contributed by atoms with E-state index in [1.54, 1.807) is 23.4 Å². The van der Waals surface area contributed by atoms with Crippen LogP contribution in [0.4, 0.5) is 5.69 Å². The van der Waals surface area contributed by atoms with E-state index >= 15 is 0 Å². The molecule has 0 radical (unpaired) electrons. The van der Waals surface area contributed by atoms with Gasteiger partial charge >= 0.3 is 0 Å². The van der Waals surface area contributed by atoms with Gasteiger partial charge in [0.2, 0.25) is 0 Å². The number of anilines is 1. The lowest BCUT2D eigenvalue weighted by molar-refractivity contribution is 0.318. The van der Waals surface area contributed by atoms with Crippen molar-refractivity contribution in [1.29, 1.82) is 0 Å². The van der Waals surface area contributed by atoms with E-state index in [1.165, 1.54) is 0 Å². The topological polar surface area (TPSA) is 45.1 Å². The summed E-state index contributed by atoms with van der Waals surface area (Å²) >= 11 is 0. The summed E-state index contributed by atoms with van der Waals surface area (Å²) in [5, 5.41) is 16.1. The molecule has 0 aromatic heterocycles. The van der Waals surface area contributed by atoms with Crippen LogP contribution in [0.25, 0.3) is 0 Å². The summed E-state index contributed by atoms with van der Waals surface area (Å²) in [6.07, 6.45) is 1.62. The zero-order valence-corrected chi connectivity index (χ0v) is 11.7. The summed E-state index contributed by atoms with van der Waals surface area (Å²) in [7, 11) is 1.86. The molecule has 0 bridgehead atoms. The normalized spacial score (nSPS) is 10.7. The molecule has 0 saturated heterocycles. The maximum atomic E-state index is 10.1. The second-order valence-electron chi connectivity index (χ2n) is 4.23. The zero-order chi connectivity index (χ0) is 14.4. The van der Waals surface area contributed by atoms with E-state index in [4.69, 9.17) is 4.74 Å². The van der Waals surface area contributed by atoms with Crippen molar-refractivity contribution in [2.45, 2.75) is 6.92 Å². The highest BCUT2D eigenvalue weighted by atomic mass is 16.5. The Morgan fingerprint density at radius 3 is 2.60 bits per heavy atom. The lowest BCUT2D eigenvalue weighted by Gasteiger charge is -2.12. The van der Waals surface area contributed by atoms with Crippen LogP contribution in [0.5, 0.6) is 11.5 Å². The number of aromatic hydroxyl groups is 1. The Morgan fingerprint density at radius 1 is 1.15 bits per heavy atom. The van der Waals surface area contributed by atoms with Crippen LogP contribution in [0.2, 0.25) is 0 Å². The van der Waals surface area contributed by atoms with Crippen molar-refractivity contribution >= 4 is 11.9 Å². The second kappa shape index (κ2) is 6.61. The van der Waals surface area contributed by atoms with Gasteiger partial charge in [-0.3, -0.25) is 5.01 Å². The average Bonchev–Trinajstić information content (AvgIpc) is 2.49. The van der Waals surface area contributed by atoms with Crippen molar-refractivity contribution in [2.75, 3.05) is 18.7 Å². The van der Waals surface area contributed by atoms with Gasteiger partial charge in [-0.05, 0) is 31.2 Å². The van der Waals surface area contributed by atoms with Gasteiger partial charge < -0.3 is 9.84 Å². The molecule has 0 amide bonds. The molecule has 2 aromatic carbocycles. The molecule has 0 aliphatic carbocycles. The van der Waals surface area contributed by atoms with Crippen molar-refractivity contribution in [2.24, 2.45) is 5.10 Å². The largest absolute Gasteiger partial charge is 0.504 e. The van der Waals surface area contributed by atoms with Gasteiger partial charge in [0.1, 0.15) is 0 Å². The van der Waals surface area contributed by atoms with E-state index in [1.807, 2.05) is 50.4 Å². The molecule has 2 aromatic rings. The van der Waals surface area contributed by atoms with E-state index in [2.05, 4.69) is 5.10 Å². The minimum Gasteiger partial charge on any atom is -0.504 e. The molecular weight excluding hydrogens is 252 g/mol. The molecule has 0 aliphatic rings.